The van der Waals surface area contributed by atoms with Crippen molar-refractivity contribution in [3.63, 3.8) is 0 Å². The molecule has 2 unspecified atom stereocenters. The van der Waals surface area contributed by atoms with Gasteiger partial charge >= 0.3 is 0 Å². The van der Waals surface area contributed by atoms with E-state index in [-0.39, 0.29) is 36.9 Å². The van der Waals surface area contributed by atoms with Crippen LogP contribution in [0.2, 0.25) is 0 Å². The van der Waals surface area contributed by atoms with Crippen LogP contribution in [0.4, 0.5) is 0 Å². The Bertz CT molecular complexity index is 281. The largest absolute Gasteiger partial charge is 0.396 e. The van der Waals surface area contributed by atoms with E-state index in [9.17, 15) is 14.7 Å². The number of carbonyl (C=O) groups is 2. The van der Waals surface area contributed by atoms with Crippen molar-refractivity contribution in [3.8, 4) is 0 Å². The maximum Gasteiger partial charge on any atom is 0.239 e. The monoisotopic (exact) mass is 256 g/mol. The van der Waals surface area contributed by atoms with Crippen LogP contribution in [0.25, 0.3) is 0 Å². The van der Waals surface area contributed by atoms with Gasteiger partial charge in [0.1, 0.15) is 0 Å². The van der Waals surface area contributed by atoms with Crippen LogP contribution in [-0.2, 0) is 9.59 Å². The zero-order valence-electron chi connectivity index (χ0n) is 11.1. The summed E-state index contributed by atoms with van der Waals surface area (Å²) >= 11 is 0. The molecule has 0 aliphatic heterocycles. The topological polar surface area (TPSA) is 78.4 Å². The van der Waals surface area contributed by atoms with Crippen molar-refractivity contribution in [2.75, 3.05) is 13.2 Å². The van der Waals surface area contributed by atoms with Crippen molar-refractivity contribution in [3.05, 3.63) is 0 Å². The Morgan fingerprint density at radius 1 is 1.22 bits per heavy atom. The van der Waals surface area contributed by atoms with Gasteiger partial charge < -0.3 is 15.7 Å². The van der Waals surface area contributed by atoms with Crippen LogP contribution >= 0.6 is 0 Å². The van der Waals surface area contributed by atoms with Crippen LogP contribution in [0.5, 0.6) is 0 Å². The van der Waals surface area contributed by atoms with Crippen LogP contribution in [0.1, 0.15) is 45.4 Å². The molecule has 1 rings (SSSR count). The average molecular weight is 256 g/mol. The zero-order chi connectivity index (χ0) is 13.4. The molecule has 1 aliphatic rings. The first-order chi connectivity index (χ1) is 8.67. The zero-order valence-corrected chi connectivity index (χ0v) is 11.1. The van der Waals surface area contributed by atoms with E-state index >= 15 is 0 Å². The molecule has 104 valence electrons. The Kier molecular flexibility index (Phi) is 6.72. The van der Waals surface area contributed by atoms with E-state index < -0.39 is 0 Å². The number of aliphatic hydroxyl groups excluding tert-OH is 1. The third-order valence-corrected chi connectivity index (χ3v) is 3.41. The van der Waals surface area contributed by atoms with Crippen LogP contribution in [-0.4, -0.2) is 36.1 Å². The molecule has 0 spiro atoms. The number of amides is 2. The van der Waals surface area contributed by atoms with Crippen LogP contribution in [0, 0.1) is 5.92 Å². The first-order valence-electron chi connectivity index (χ1n) is 6.84. The number of aliphatic hydroxyl groups is 1. The fraction of sp³-hybridized carbons (Fsp3) is 0.846. The van der Waals surface area contributed by atoms with Crippen LogP contribution in [0.3, 0.4) is 0 Å². The fourth-order valence-corrected chi connectivity index (χ4v) is 2.37. The molecule has 0 radical (unpaired) electrons. The second kappa shape index (κ2) is 8.08. The molecular formula is C13H24N2O3. The third kappa shape index (κ3) is 5.04. The molecule has 0 bridgehead atoms. The van der Waals surface area contributed by atoms with Gasteiger partial charge in [-0.05, 0) is 19.3 Å². The highest BCUT2D eigenvalue weighted by Gasteiger charge is 2.25. The van der Waals surface area contributed by atoms with Crippen molar-refractivity contribution in [1.29, 1.82) is 0 Å². The van der Waals surface area contributed by atoms with Gasteiger partial charge in [0, 0.05) is 25.0 Å². The summed E-state index contributed by atoms with van der Waals surface area (Å²) in [5, 5.41) is 14.7. The number of hydrogen-bond acceptors (Lipinski definition) is 3. The first-order valence-corrected chi connectivity index (χ1v) is 6.84. The first kappa shape index (κ1) is 15.0. The minimum Gasteiger partial charge on any atom is -0.396 e. The summed E-state index contributed by atoms with van der Waals surface area (Å²) in [5.41, 5.74) is 0. The lowest BCUT2D eigenvalue weighted by molar-refractivity contribution is -0.126. The van der Waals surface area contributed by atoms with Crippen molar-refractivity contribution in [2.24, 2.45) is 5.92 Å². The summed E-state index contributed by atoms with van der Waals surface area (Å²) in [6.07, 6.45) is 5.32. The molecule has 3 N–H and O–H groups in total. The third-order valence-electron chi connectivity index (χ3n) is 3.41. The maximum absolute atomic E-state index is 11.7. The molecule has 5 heteroatoms. The summed E-state index contributed by atoms with van der Waals surface area (Å²) in [5.74, 6) is -0.0890. The van der Waals surface area contributed by atoms with E-state index in [0.717, 1.165) is 32.1 Å². The normalized spacial score (nSPS) is 23.4. The molecule has 18 heavy (non-hydrogen) atoms. The molecular weight excluding hydrogens is 232 g/mol. The molecule has 0 aromatic rings. The summed E-state index contributed by atoms with van der Waals surface area (Å²) in [6.45, 7) is 2.08. The molecule has 0 aromatic heterocycles. The van der Waals surface area contributed by atoms with Gasteiger partial charge in [-0.3, -0.25) is 9.59 Å². The molecule has 0 aromatic carbocycles. The van der Waals surface area contributed by atoms with Crippen LogP contribution < -0.4 is 10.6 Å². The summed E-state index contributed by atoms with van der Waals surface area (Å²) < 4.78 is 0. The van der Waals surface area contributed by atoms with Crippen molar-refractivity contribution in [1.82, 2.24) is 10.6 Å². The fourth-order valence-electron chi connectivity index (χ4n) is 2.37. The van der Waals surface area contributed by atoms with Gasteiger partial charge in [-0.15, -0.1) is 0 Å². The highest BCUT2D eigenvalue weighted by molar-refractivity contribution is 5.84. The lowest BCUT2D eigenvalue weighted by Crippen LogP contribution is -2.47. The molecule has 1 fully saturated rings. The van der Waals surface area contributed by atoms with Crippen molar-refractivity contribution < 1.29 is 14.7 Å². The molecule has 0 heterocycles. The van der Waals surface area contributed by atoms with E-state index in [1.54, 1.807) is 0 Å². The van der Waals surface area contributed by atoms with Gasteiger partial charge in [0.25, 0.3) is 0 Å². The lowest BCUT2D eigenvalue weighted by atomic mass is 9.85. The second-order valence-corrected chi connectivity index (χ2v) is 4.93. The Labute approximate surface area is 108 Å². The number of rotatable bonds is 6. The Hall–Kier alpha value is -1.10. The maximum atomic E-state index is 11.7. The molecule has 5 nitrogen and oxygen atoms in total. The number of carbonyl (C=O) groups excluding carboxylic acids is 2. The van der Waals surface area contributed by atoms with E-state index in [4.69, 9.17) is 0 Å². The Morgan fingerprint density at radius 2 is 1.94 bits per heavy atom. The summed E-state index contributed by atoms with van der Waals surface area (Å²) in [6, 6.07) is 0.0549. The minimum absolute atomic E-state index is 0.0352. The standard InChI is InChI=1S/C13H24N2O3/c1-2-5-12(17)14-8-13(18)15-11-7-4-3-6-10(11)9-16/h10-11,16H,2-9H2,1H3,(H,14,17)(H,15,18). The Morgan fingerprint density at radius 3 is 2.61 bits per heavy atom. The predicted molar refractivity (Wildman–Crippen MR) is 68.9 cm³/mol. The molecule has 0 saturated heterocycles. The van der Waals surface area contributed by atoms with Gasteiger partial charge in [-0.25, -0.2) is 0 Å². The summed E-state index contributed by atoms with van der Waals surface area (Å²) in [7, 11) is 0. The van der Waals surface area contributed by atoms with Crippen molar-refractivity contribution >= 4 is 11.8 Å². The number of nitrogens with one attached hydrogen (secondary N) is 2. The van der Waals surface area contributed by atoms with E-state index in [1.165, 1.54) is 0 Å². The smallest absolute Gasteiger partial charge is 0.239 e. The van der Waals surface area contributed by atoms with Gasteiger partial charge in [-0.2, -0.15) is 0 Å². The average Bonchev–Trinajstić information content (AvgIpc) is 2.37. The Balaban J connectivity index is 2.27. The second-order valence-electron chi connectivity index (χ2n) is 4.93. The van der Waals surface area contributed by atoms with E-state index in [1.807, 2.05) is 6.92 Å². The van der Waals surface area contributed by atoms with Gasteiger partial charge in [0.05, 0.1) is 6.54 Å². The highest BCUT2D eigenvalue weighted by atomic mass is 16.3. The van der Waals surface area contributed by atoms with Gasteiger partial charge in [0.15, 0.2) is 0 Å². The van der Waals surface area contributed by atoms with Crippen LogP contribution in [0.15, 0.2) is 0 Å². The molecule has 1 aliphatic carbocycles. The molecule has 2 atom stereocenters. The van der Waals surface area contributed by atoms with Gasteiger partial charge in [-0.1, -0.05) is 19.8 Å². The SMILES string of the molecule is CCCC(=O)NCC(=O)NC1CCCCC1CO. The quantitative estimate of drug-likeness (QED) is 0.650. The number of hydrogen-bond donors (Lipinski definition) is 3. The summed E-state index contributed by atoms with van der Waals surface area (Å²) in [4.78, 5) is 22.9. The predicted octanol–water partition coefficient (Wildman–Crippen LogP) is 0.570. The molecule has 1 saturated carbocycles. The van der Waals surface area contributed by atoms with E-state index in [0.29, 0.717) is 6.42 Å². The minimum atomic E-state index is -0.162. The van der Waals surface area contributed by atoms with E-state index in [2.05, 4.69) is 10.6 Å². The lowest BCUT2D eigenvalue weighted by Gasteiger charge is -2.30. The van der Waals surface area contributed by atoms with Crippen molar-refractivity contribution in [2.45, 2.75) is 51.5 Å². The molecule has 2 amide bonds. The highest BCUT2D eigenvalue weighted by Crippen LogP contribution is 2.23. The van der Waals surface area contributed by atoms with Gasteiger partial charge in [0.2, 0.25) is 11.8 Å².